The fourth-order valence-corrected chi connectivity index (χ4v) is 6.27. The van der Waals surface area contributed by atoms with Crippen LogP contribution in [0.3, 0.4) is 0 Å². The van der Waals surface area contributed by atoms with Gasteiger partial charge in [-0.05, 0) is 80.9 Å². The number of rotatable bonds is 11. The normalized spacial score (nSPS) is 11.9. The van der Waals surface area contributed by atoms with E-state index in [1.54, 1.807) is 54.6 Å². The molecule has 0 aliphatic carbocycles. The highest BCUT2D eigenvalue weighted by atomic mass is 32.2. The number of para-hydroxylation sites is 1. The van der Waals surface area contributed by atoms with Gasteiger partial charge in [-0.3, -0.25) is 14.4 Å². The number of aryl methyl sites for hydroxylation is 1. The van der Waals surface area contributed by atoms with Gasteiger partial charge in [0.2, 0.25) is 5.91 Å². The van der Waals surface area contributed by atoms with E-state index in [9.17, 15) is 14.4 Å². The van der Waals surface area contributed by atoms with E-state index in [-0.39, 0.29) is 11.6 Å². The molecule has 1 heterocycles. The Kier molecular flexibility index (Phi) is 10.3. The molecule has 1 aromatic heterocycles. The number of nitrogens with one attached hydrogen (secondary N) is 3. The van der Waals surface area contributed by atoms with Crippen molar-refractivity contribution in [3.63, 3.8) is 0 Å². The number of anilines is 2. The zero-order chi connectivity index (χ0) is 31.8. The highest BCUT2D eigenvalue weighted by Crippen LogP contribution is 2.30. The highest BCUT2D eigenvalue weighted by Gasteiger charge is 2.19. The summed E-state index contributed by atoms with van der Waals surface area (Å²) in [5, 5.41) is 8.69. The van der Waals surface area contributed by atoms with Gasteiger partial charge in [0.05, 0.1) is 22.1 Å². The number of carbonyl (C=O) groups excluding carboxylic acids is 3. The number of carbonyl (C=O) groups is 3. The Morgan fingerprint density at radius 1 is 0.933 bits per heavy atom. The number of thiazole rings is 1. The maximum absolute atomic E-state index is 13.6. The minimum absolute atomic E-state index is 0.0489. The monoisotopic (exact) mass is 636 g/mol. The molecule has 5 aromatic rings. The first-order chi connectivity index (χ1) is 21.8. The number of thioether (sulfide) groups is 1. The summed E-state index contributed by atoms with van der Waals surface area (Å²) in [7, 11) is 0. The Hall–Kier alpha value is -4.93. The van der Waals surface area contributed by atoms with Crippen molar-refractivity contribution in [3.05, 3.63) is 119 Å². The van der Waals surface area contributed by atoms with Crippen molar-refractivity contribution < 1.29 is 19.1 Å². The maximum Gasteiger partial charge on any atom is 0.272 e. The second kappa shape index (κ2) is 14.7. The molecule has 5 rings (SSSR count). The average molecular weight is 637 g/mol. The fourth-order valence-electron chi connectivity index (χ4n) is 4.38. The molecule has 3 amide bonds. The molecule has 0 saturated carbocycles. The molecule has 0 fully saturated rings. The lowest BCUT2D eigenvalue weighted by molar-refractivity contribution is -0.115. The molecule has 0 bridgehead atoms. The van der Waals surface area contributed by atoms with Gasteiger partial charge >= 0.3 is 0 Å². The molecule has 1 atom stereocenters. The topological polar surface area (TPSA) is 109 Å². The number of fused-ring (bicyclic) bond motifs is 1. The minimum Gasteiger partial charge on any atom is -0.493 e. The van der Waals surface area contributed by atoms with Crippen LogP contribution in [0, 0.1) is 6.92 Å². The molecule has 4 aromatic carbocycles. The first-order valence-electron chi connectivity index (χ1n) is 14.3. The van der Waals surface area contributed by atoms with Gasteiger partial charge in [0, 0.05) is 21.7 Å². The number of benzene rings is 4. The van der Waals surface area contributed by atoms with Gasteiger partial charge in [-0.25, -0.2) is 4.98 Å². The molecule has 0 aliphatic heterocycles. The summed E-state index contributed by atoms with van der Waals surface area (Å²) in [5.41, 5.74) is 3.60. The molecule has 0 aliphatic rings. The van der Waals surface area contributed by atoms with Gasteiger partial charge in [0.25, 0.3) is 11.8 Å². The number of nitrogens with zero attached hydrogens (tertiary/aromatic N) is 1. The lowest BCUT2D eigenvalue weighted by Crippen LogP contribution is -2.30. The van der Waals surface area contributed by atoms with Crippen LogP contribution in [-0.4, -0.2) is 34.6 Å². The van der Waals surface area contributed by atoms with Crippen molar-refractivity contribution in [3.8, 4) is 5.75 Å². The SMILES string of the molecule is CCOc1ccccc1/C=C(/NC(=O)c1ccccc1)C(=O)Nc1cccc(SC(C)C(=O)Nc2nc3ccc(C)cc3s2)c1. The van der Waals surface area contributed by atoms with Crippen molar-refractivity contribution in [1.82, 2.24) is 10.3 Å². The van der Waals surface area contributed by atoms with Crippen LogP contribution >= 0.6 is 23.1 Å². The first-order valence-corrected chi connectivity index (χ1v) is 16.0. The highest BCUT2D eigenvalue weighted by molar-refractivity contribution is 8.00. The molecule has 45 heavy (non-hydrogen) atoms. The second-order valence-corrected chi connectivity index (χ2v) is 12.5. The number of hydrogen-bond acceptors (Lipinski definition) is 7. The number of amides is 3. The molecular weight excluding hydrogens is 605 g/mol. The Morgan fingerprint density at radius 3 is 2.51 bits per heavy atom. The van der Waals surface area contributed by atoms with E-state index >= 15 is 0 Å². The van der Waals surface area contributed by atoms with E-state index < -0.39 is 17.1 Å². The zero-order valence-corrected chi connectivity index (χ0v) is 26.6. The summed E-state index contributed by atoms with van der Waals surface area (Å²) in [5.74, 6) is -0.513. The Morgan fingerprint density at radius 2 is 1.71 bits per heavy atom. The first kappa shape index (κ1) is 31.5. The van der Waals surface area contributed by atoms with Gasteiger partial charge in [-0.2, -0.15) is 0 Å². The molecule has 0 saturated heterocycles. The van der Waals surface area contributed by atoms with Crippen molar-refractivity contribution in [2.75, 3.05) is 17.2 Å². The van der Waals surface area contributed by atoms with Crippen molar-refractivity contribution >= 4 is 67.9 Å². The van der Waals surface area contributed by atoms with E-state index in [0.29, 0.717) is 34.3 Å². The average Bonchev–Trinajstić information content (AvgIpc) is 3.43. The number of aromatic nitrogens is 1. The van der Waals surface area contributed by atoms with Gasteiger partial charge in [-0.15, -0.1) is 11.8 Å². The van der Waals surface area contributed by atoms with E-state index in [1.807, 2.05) is 69.3 Å². The van der Waals surface area contributed by atoms with Crippen LogP contribution in [0.4, 0.5) is 10.8 Å². The third kappa shape index (κ3) is 8.37. The van der Waals surface area contributed by atoms with Crippen LogP contribution in [0.5, 0.6) is 5.75 Å². The van der Waals surface area contributed by atoms with E-state index in [4.69, 9.17) is 4.74 Å². The van der Waals surface area contributed by atoms with Crippen LogP contribution in [-0.2, 0) is 9.59 Å². The van der Waals surface area contributed by atoms with Gasteiger partial charge < -0.3 is 20.7 Å². The molecule has 8 nitrogen and oxygen atoms in total. The standard InChI is InChI=1S/C35H32N4O4S2/c1-4-43-30-16-9-8-13-25(30)20-29(37-33(41)24-11-6-5-7-12-24)34(42)36-26-14-10-15-27(21-26)44-23(3)32(40)39-35-38-28-18-17-22(2)19-31(28)45-35/h5-21,23H,4H2,1-3H3,(H,36,42)(H,37,41)(H,38,39,40)/b29-20+. The molecule has 228 valence electrons. The van der Waals surface area contributed by atoms with Crippen LogP contribution < -0.4 is 20.7 Å². The predicted octanol–water partition coefficient (Wildman–Crippen LogP) is 7.53. The summed E-state index contributed by atoms with van der Waals surface area (Å²) in [6.45, 7) is 6.16. The lowest BCUT2D eigenvalue weighted by atomic mass is 10.1. The lowest BCUT2D eigenvalue weighted by Gasteiger charge is -2.14. The zero-order valence-electron chi connectivity index (χ0n) is 25.0. The smallest absolute Gasteiger partial charge is 0.272 e. The predicted molar refractivity (Wildman–Crippen MR) is 183 cm³/mol. The summed E-state index contributed by atoms with van der Waals surface area (Å²) in [6, 6.07) is 29.2. The third-order valence-corrected chi connectivity index (χ3v) is 8.62. The van der Waals surface area contributed by atoms with E-state index in [0.717, 1.165) is 20.7 Å². The van der Waals surface area contributed by atoms with Crippen LogP contribution in [0.1, 0.15) is 35.3 Å². The van der Waals surface area contributed by atoms with Gasteiger partial charge in [0.15, 0.2) is 5.13 Å². The second-order valence-electron chi connectivity index (χ2n) is 10.1. The van der Waals surface area contributed by atoms with Crippen LogP contribution in [0.25, 0.3) is 16.3 Å². The van der Waals surface area contributed by atoms with Crippen LogP contribution in [0.15, 0.2) is 108 Å². The largest absolute Gasteiger partial charge is 0.493 e. The molecule has 1 unspecified atom stereocenters. The molecule has 0 spiro atoms. The Labute approximate surface area is 269 Å². The molecule has 3 N–H and O–H groups in total. The summed E-state index contributed by atoms with van der Waals surface area (Å²) in [6.07, 6.45) is 1.59. The van der Waals surface area contributed by atoms with Crippen molar-refractivity contribution in [2.45, 2.75) is 30.9 Å². The third-order valence-electron chi connectivity index (χ3n) is 6.60. The number of ether oxygens (including phenoxy) is 1. The summed E-state index contributed by atoms with van der Waals surface area (Å²) >= 11 is 2.80. The van der Waals surface area contributed by atoms with Crippen molar-refractivity contribution in [1.29, 1.82) is 0 Å². The molecular formula is C35H32N4O4S2. The molecule has 0 radical (unpaired) electrons. The van der Waals surface area contributed by atoms with E-state index in [2.05, 4.69) is 20.9 Å². The number of hydrogen-bond donors (Lipinski definition) is 3. The van der Waals surface area contributed by atoms with Gasteiger partial charge in [-0.1, -0.05) is 59.9 Å². The van der Waals surface area contributed by atoms with Crippen LogP contribution in [0.2, 0.25) is 0 Å². The Balaban J connectivity index is 1.30. The summed E-state index contributed by atoms with van der Waals surface area (Å²) in [4.78, 5) is 44.9. The molecule has 10 heteroatoms. The van der Waals surface area contributed by atoms with Crippen molar-refractivity contribution in [2.24, 2.45) is 0 Å². The Bertz CT molecular complexity index is 1870. The maximum atomic E-state index is 13.6. The fraction of sp³-hybridized carbons (Fsp3) is 0.143. The van der Waals surface area contributed by atoms with E-state index in [1.165, 1.54) is 23.1 Å². The quantitative estimate of drug-likeness (QED) is 0.102. The summed E-state index contributed by atoms with van der Waals surface area (Å²) < 4.78 is 6.74. The minimum atomic E-state index is -0.510. The van der Waals surface area contributed by atoms with Gasteiger partial charge in [0.1, 0.15) is 11.4 Å².